The Bertz CT molecular complexity index is 1030. The zero-order valence-corrected chi connectivity index (χ0v) is 19.0. The van der Waals surface area contributed by atoms with E-state index in [2.05, 4.69) is 5.32 Å². The van der Waals surface area contributed by atoms with Gasteiger partial charge in [0.05, 0.1) is 20.3 Å². The van der Waals surface area contributed by atoms with Crippen LogP contribution < -0.4 is 10.1 Å². The van der Waals surface area contributed by atoms with Crippen LogP contribution in [0.1, 0.15) is 16.6 Å². The molecule has 3 rings (SSSR count). The Hall–Kier alpha value is -2.47. The molecule has 0 radical (unpaired) electrons. The number of carbonyl (C=O) groups is 2. The maximum Gasteiger partial charge on any atom is 0.265 e. The number of methoxy groups -OCH3 is 1. The fraction of sp³-hybridized carbons (Fsp3) is 0.400. The second-order valence-electron chi connectivity index (χ2n) is 6.73. The minimum absolute atomic E-state index is 0.0314. The van der Waals surface area contributed by atoms with Gasteiger partial charge in [-0.3, -0.25) is 9.59 Å². The Kier molecular flexibility index (Phi) is 7.65. The quantitative estimate of drug-likeness (QED) is 0.636. The third-order valence-electron chi connectivity index (χ3n) is 4.77. The molecule has 1 saturated heterocycles. The lowest BCUT2D eigenvalue weighted by atomic mass is 10.3. The fourth-order valence-electron chi connectivity index (χ4n) is 3.13. The third kappa shape index (κ3) is 5.42. The molecule has 0 unspecified atom stereocenters. The van der Waals surface area contributed by atoms with Crippen molar-refractivity contribution in [2.45, 2.75) is 11.8 Å². The lowest BCUT2D eigenvalue weighted by Gasteiger charge is -2.26. The lowest BCUT2D eigenvalue weighted by Crippen LogP contribution is -2.42. The molecule has 1 fully saturated rings. The third-order valence-corrected chi connectivity index (χ3v) is 7.74. The molecule has 1 aromatic carbocycles. The maximum atomic E-state index is 13.1. The molecule has 9 nitrogen and oxygen atoms in total. The zero-order chi connectivity index (χ0) is 22.4. The first-order valence-corrected chi connectivity index (χ1v) is 12.1. The molecule has 31 heavy (non-hydrogen) atoms. The molecule has 2 amide bonds. The number of likely N-dealkylation sites (N-methyl/N-ethyl adjacent to an activating group) is 1. The summed E-state index contributed by atoms with van der Waals surface area (Å²) in [6, 6.07) is 8.32. The SMILES string of the molecule is CCN(CC(=O)Nc1cccc(OC)c1)C(=O)c1sccc1S(=O)(=O)N1CCOCC1. The maximum absolute atomic E-state index is 13.1. The summed E-state index contributed by atoms with van der Waals surface area (Å²) in [4.78, 5) is 27.0. The molecule has 1 aliphatic rings. The molecule has 11 heteroatoms. The molecular weight excluding hydrogens is 442 g/mol. The van der Waals surface area contributed by atoms with E-state index < -0.39 is 21.8 Å². The number of nitrogens with zero attached hydrogens (tertiary/aromatic N) is 2. The number of carbonyl (C=O) groups excluding carboxylic acids is 2. The van der Waals surface area contributed by atoms with Crippen molar-refractivity contribution in [2.75, 3.05) is 51.8 Å². The van der Waals surface area contributed by atoms with Crippen LogP contribution in [0.2, 0.25) is 0 Å². The van der Waals surface area contributed by atoms with Gasteiger partial charge in [-0.15, -0.1) is 11.3 Å². The van der Waals surface area contributed by atoms with Crippen LogP contribution in [-0.4, -0.2) is 75.9 Å². The largest absolute Gasteiger partial charge is 0.497 e. The normalized spacial score (nSPS) is 14.8. The molecule has 1 aromatic heterocycles. The first-order chi connectivity index (χ1) is 14.9. The number of nitrogens with one attached hydrogen (secondary N) is 1. The molecule has 2 heterocycles. The lowest BCUT2D eigenvalue weighted by molar-refractivity contribution is -0.116. The first-order valence-electron chi connectivity index (χ1n) is 9.75. The van der Waals surface area contributed by atoms with Crippen LogP contribution in [0.3, 0.4) is 0 Å². The van der Waals surface area contributed by atoms with Gasteiger partial charge in [-0.05, 0) is 30.5 Å². The summed E-state index contributed by atoms with van der Waals surface area (Å²) in [5.74, 6) is -0.291. The average molecular weight is 468 g/mol. The van der Waals surface area contributed by atoms with Gasteiger partial charge in [-0.2, -0.15) is 4.31 Å². The Morgan fingerprint density at radius 2 is 2.00 bits per heavy atom. The van der Waals surface area contributed by atoms with Crippen LogP contribution in [0.5, 0.6) is 5.75 Å². The van der Waals surface area contributed by atoms with E-state index in [1.165, 1.54) is 22.4 Å². The van der Waals surface area contributed by atoms with Crippen molar-refractivity contribution in [1.29, 1.82) is 0 Å². The molecule has 0 saturated carbocycles. The summed E-state index contributed by atoms with van der Waals surface area (Å²) in [6.07, 6.45) is 0. The zero-order valence-electron chi connectivity index (χ0n) is 17.4. The van der Waals surface area contributed by atoms with Gasteiger partial charge in [-0.1, -0.05) is 6.07 Å². The minimum atomic E-state index is -3.82. The fourth-order valence-corrected chi connectivity index (χ4v) is 5.90. The van der Waals surface area contributed by atoms with Crippen molar-refractivity contribution < 1.29 is 27.5 Å². The molecule has 1 aliphatic heterocycles. The standard InChI is InChI=1S/C20H25N3O6S2/c1-3-22(14-18(24)21-15-5-4-6-16(13-15)28-2)20(25)19-17(7-12-30-19)31(26,27)23-8-10-29-11-9-23/h4-7,12-13H,3,8-11,14H2,1-2H3,(H,21,24). The summed E-state index contributed by atoms with van der Waals surface area (Å²) < 4.78 is 37.7. The summed E-state index contributed by atoms with van der Waals surface area (Å²) in [5.41, 5.74) is 0.541. The van der Waals surface area contributed by atoms with Crippen molar-refractivity contribution in [3.05, 3.63) is 40.6 Å². The van der Waals surface area contributed by atoms with E-state index in [0.29, 0.717) is 24.7 Å². The highest BCUT2D eigenvalue weighted by Crippen LogP contribution is 2.27. The molecule has 0 aliphatic carbocycles. The van der Waals surface area contributed by atoms with E-state index in [0.717, 1.165) is 11.3 Å². The number of hydrogen-bond acceptors (Lipinski definition) is 7. The van der Waals surface area contributed by atoms with Gasteiger partial charge < -0.3 is 19.7 Å². The highest BCUT2D eigenvalue weighted by atomic mass is 32.2. The number of rotatable bonds is 8. The summed E-state index contributed by atoms with van der Waals surface area (Å²) in [7, 11) is -2.29. The van der Waals surface area contributed by atoms with Crippen LogP contribution in [0.25, 0.3) is 0 Å². The second kappa shape index (κ2) is 10.2. The van der Waals surface area contributed by atoms with Crippen molar-refractivity contribution in [1.82, 2.24) is 9.21 Å². The van der Waals surface area contributed by atoms with Crippen LogP contribution in [-0.2, 0) is 19.6 Å². The number of anilines is 1. The molecular formula is C20H25N3O6S2. The van der Waals surface area contributed by atoms with E-state index in [1.54, 1.807) is 36.6 Å². The van der Waals surface area contributed by atoms with E-state index in [4.69, 9.17) is 9.47 Å². The van der Waals surface area contributed by atoms with Crippen LogP contribution in [0.4, 0.5) is 5.69 Å². The monoisotopic (exact) mass is 467 g/mol. The van der Waals surface area contributed by atoms with E-state index >= 15 is 0 Å². The number of benzene rings is 1. The molecule has 168 valence electrons. The van der Waals surface area contributed by atoms with Crippen molar-refractivity contribution >= 4 is 38.9 Å². The predicted molar refractivity (Wildman–Crippen MR) is 117 cm³/mol. The number of ether oxygens (including phenoxy) is 2. The molecule has 0 bridgehead atoms. The summed E-state index contributed by atoms with van der Waals surface area (Å²) >= 11 is 1.05. The highest BCUT2D eigenvalue weighted by Gasteiger charge is 2.32. The number of hydrogen-bond donors (Lipinski definition) is 1. The van der Waals surface area contributed by atoms with Crippen molar-refractivity contribution in [3.8, 4) is 5.75 Å². The second-order valence-corrected chi connectivity index (χ2v) is 9.55. The van der Waals surface area contributed by atoms with Crippen LogP contribution in [0.15, 0.2) is 40.6 Å². The van der Waals surface area contributed by atoms with Crippen molar-refractivity contribution in [3.63, 3.8) is 0 Å². The van der Waals surface area contributed by atoms with Gasteiger partial charge in [0.25, 0.3) is 5.91 Å². The van der Waals surface area contributed by atoms with Gasteiger partial charge in [0.2, 0.25) is 15.9 Å². The topological polar surface area (TPSA) is 105 Å². The van der Waals surface area contributed by atoms with Gasteiger partial charge in [0, 0.05) is 31.4 Å². The number of amides is 2. The number of thiophene rings is 1. The predicted octanol–water partition coefficient (Wildman–Crippen LogP) is 1.88. The van der Waals surface area contributed by atoms with E-state index in [1.807, 2.05) is 0 Å². The van der Waals surface area contributed by atoms with Crippen LogP contribution >= 0.6 is 11.3 Å². The van der Waals surface area contributed by atoms with Crippen molar-refractivity contribution in [2.24, 2.45) is 0 Å². The molecule has 0 spiro atoms. The van der Waals surface area contributed by atoms with Gasteiger partial charge in [0.15, 0.2) is 0 Å². The smallest absolute Gasteiger partial charge is 0.265 e. The Labute approximate surface area is 185 Å². The Morgan fingerprint density at radius 1 is 1.26 bits per heavy atom. The van der Waals surface area contributed by atoms with Gasteiger partial charge in [-0.25, -0.2) is 8.42 Å². The van der Waals surface area contributed by atoms with Gasteiger partial charge in [0.1, 0.15) is 22.1 Å². The summed E-state index contributed by atoms with van der Waals surface area (Å²) in [6.45, 7) is 2.90. The number of morpholine rings is 1. The highest BCUT2D eigenvalue weighted by molar-refractivity contribution is 7.89. The Balaban J connectivity index is 1.74. The van der Waals surface area contributed by atoms with E-state index in [-0.39, 0.29) is 36.0 Å². The van der Waals surface area contributed by atoms with E-state index in [9.17, 15) is 18.0 Å². The minimum Gasteiger partial charge on any atom is -0.497 e. The van der Waals surface area contributed by atoms with Crippen LogP contribution in [0, 0.1) is 0 Å². The average Bonchev–Trinajstić information content (AvgIpc) is 3.28. The summed E-state index contributed by atoms with van der Waals surface area (Å²) in [5, 5.41) is 4.30. The molecule has 2 aromatic rings. The Morgan fingerprint density at radius 3 is 2.68 bits per heavy atom. The molecule has 1 N–H and O–H groups in total. The first kappa shape index (κ1) is 23.2. The molecule has 0 atom stereocenters. The number of sulfonamides is 1. The van der Waals surface area contributed by atoms with Gasteiger partial charge >= 0.3 is 0 Å².